The predicted octanol–water partition coefficient (Wildman–Crippen LogP) is 5.01. The third-order valence-electron chi connectivity index (χ3n) is 5.86. The van der Waals surface area contributed by atoms with Gasteiger partial charge in [0.05, 0.1) is 5.69 Å². The van der Waals surface area contributed by atoms with Gasteiger partial charge in [-0.25, -0.2) is 8.42 Å². The van der Waals surface area contributed by atoms with Gasteiger partial charge in [-0.15, -0.1) is 0 Å². The van der Waals surface area contributed by atoms with Crippen LogP contribution in [0.1, 0.15) is 81.8 Å². The smallest absolute Gasteiger partial charge is 0.204 e. The molecule has 1 aromatic heterocycles. The van der Waals surface area contributed by atoms with Crippen molar-refractivity contribution in [3.63, 3.8) is 0 Å². The second-order valence-electron chi connectivity index (χ2n) is 9.21. The Labute approximate surface area is 197 Å². The summed E-state index contributed by atoms with van der Waals surface area (Å²) >= 11 is 6.32. The molecule has 0 saturated carbocycles. The van der Waals surface area contributed by atoms with Crippen LogP contribution in [0.15, 0.2) is 23.2 Å². The van der Waals surface area contributed by atoms with Crippen LogP contribution in [0.25, 0.3) is 0 Å². The molecule has 0 radical (unpaired) electrons. The van der Waals surface area contributed by atoms with Crippen LogP contribution in [0.4, 0.5) is 0 Å². The zero-order chi connectivity index (χ0) is 24.4. The van der Waals surface area contributed by atoms with Crippen LogP contribution in [-0.4, -0.2) is 48.7 Å². The van der Waals surface area contributed by atoms with E-state index in [4.69, 9.17) is 11.6 Å². The molecule has 2 aromatic rings. The Bertz CT molecular complexity index is 1040. The molecule has 0 saturated heterocycles. The molecule has 0 aliphatic heterocycles. The molecule has 0 aliphatic rings. The summed E-state index contributed by atoms with van der Waals surface area (Å²) in [6.45, 7) is 12.7. The number of sulfone groups is 1. The number of carbonyl (C=O) groups is 1. The molecule has 0 fully saturated rings. The summed E-state index contributed by atoms with van der Waals surface area (Å²) in [5, 5.41) is 4.89. The first-order valence-electron chi connectivity index (χ1n) is 11.1. The Balaban J connectivity index is 2.36. The summed E-state index contributed by atoms with van der Waals surface area (Å²) in [6, 6.07) is 5.36. The maximum absolute atomic E-state index is 13.1. The molecule has 32 heavy (non-hydrogen) atoms. The molecule has 178 valence electrons. The van der Waals surface area contributed by atoms with Crippen LogP contribution in [0.2, 0.25) is 5.02 Å². The van der Waals surface area contributed by atoms with E-state index < -0.39 is 15.6 Å². The molecule has 1 atom stereocenters. The van der Waals surface area contributed by atoms with Gasteiger partial charge in [0.15, 0.2) is 10.8 Å². The molecule has 8 heteroatoms. The van der Waals surface area contributed by atoms with Crippen molar-refractivity contribution >= 4 is 27.2 Å². The third kappa shape index (κ3) is 6.00. The van der Waals surface area contributed by atoms with Crippen molar-refractivity contribution in [3.05, 3.63) is 45.6 Å². The quantitative estimate of drug-likeness (QED) is 0.476. The van der Waals surface area contributed by atoms with E-state index in [1.54, 1.807) is 10.7 Å². The fourth-order valence-corrected chi connectivity index (χ4v) is 5.29. The maximum atomic E-state index is 13.1. The Kier molecular flexibility index (Phi) is 8.70. The van der Waals surface area contributed by atoms with Crippen LogP contribution in [0.3, 0.4) is 0 Å². The summed E-state index contributed by atoms with van der Waals surface area (Å²) in [5.74, 6) is -0.576. The first-order chi connectivity index (χ1) is 14.8. The summed E-state index contributed by atoms with van der Waals surface area (Å²) in [4.78, 5) is 15.0. The number of benzene rings is 1. The number of aryl methyl sites for hydroxylation is 1. The average molecular weight is 482 g/mol. The SMILES string of the molecule is CCn1nc(S(=O)(=O)CC(=O)Cc2c(C(C)C)cc(Cl)cc2C(C)C)cc1C(C)N(C)C. The van der Waals surface area contributed by atoms with Crippen LogP contribution in [0, 0.1) is 0 Å². The van der Waals surface area contributed by atoms with Gasteiger partial charge in [-0.3, -0.25) is 9.48 Å². The predicted molar refractivity (Wildman–Crippen MR) is 130 cm³/mol. The lowest BCUT2D eigenvalue weighted by Gasteiger charge is -2.20. The number of aromatic nitrogens is 2. The highest BCUT2D eigenvalue weighted by Crippen LogP contribution is 2.32. The molecule has 2 rings (SSSR count). The van der Waals surface area contributed by atoms with Gasteiger partial charge in [0, 0.05) is 30.1 Å². The molecule has 1 unspecified atom stereocenters. The Morgan fingerprint density at radius 2 is 1.59 bits per heavy atom. The molecule has 1 aromatic carbocycles. The van der Waals surface area contributed by atoms with Crippen molar-refractivity contribution in [2.75, 3.05) is 19.8 Å². The Hall–Kier alpha value is -1.70. The minimum absolute atomic E-state index is 0.00151. The van der Waals surface area contributed by atoms with E-state index in [0.717, 1.165) is 22.4 Å². The van der Waals surface area contributed by atoms with Crippen LogP contribution in [0.5, 0.6) is 0 Å². The van der Waals surface area contributed by atoms with Gasteiger partial charge in [0.2, 0.25) is 9.84 Å². The second kappa shape index (κ2) is 10.5. The van der Waals surface area contributed by atoms with E-state index in [9.17, 15) is 13.2 Å². The lowest BCUT2D eigenvalue weighted by Crippen LogP contribution is -2.20. The summed E-state index contributed by atoms with van der Waals surface area (Å²) in [5.41, 5.74) is 3.68. The third-order valence-corrected chi connectivity index (χ3v) is 7.62. The van der Waals surface area contributed by atoms with Gasteiger partial charge in [0.25, 0.3) is 0 Å². The first-order valence-corrected chi connectivity index (χ1v) is 13.1. The number of hydrogen-bond acceptors (Lipinski definition) is 5. The lowest BCUT2D eigenvalue weighted by atomic mass is 9.86. The number of halogens is 1. The fourth-order valence-electron chi connectivity index (χ4n) is 3.86. The summed E-state index contributed by atoms with van der Waals surface area (Å²) in [7, 11) is 0.0103. The van der Waals surface area contributed by atoms with Crippen molar-refractivity contribution in [1.29, 1.82) is 0 Å². The largest absolute Gasteiger partial charge is 0.301 e. The second-order valence-corrected chi connectivity index (χ2v) is 11.6. The minimum atomic E-state index is -3.85. The van der Waals surface area contributed by atoms with Crippen LogP contribution < -0.4 is 0 Å². The lowest BCUT2D eigenvalue weighted by molar-refractivity contribution is -0.116. The maximum Gasteiger partial charge on any atom is 0.204 e. The summed E-state index contributed by atoms with van der Waals surface area (Å²) in [6.07, 6.45) is 0.0624. The van der Waals surface area contributed by atoms with Gasteiger partial charge < -0.3 is 4.90 Å². The van der Waals surface area contributed by atoms with Crippen molar-refractivity contribution in [2.24, 2.45) is 0 Å². The number of hydrogen-bond donors (Lipinski definition) is 0. The van der Waals surface area contributed by atoms with Crippen LogP contribution >= 0.6 is 11.6 Å². The normalized spacial score (nSPS) is 13.4. The zero-order valence-corrected chi connectivity index (χ0v) is 22.0. The molecule has 0 aliphatic carbocycles. The highest BCUT2D eigenvalue weighted by Gasteiger charge is 2.27. The van der Waals surface area contributed by atoms with E-state index in [1.807, 2.05) is 72.7 Å². The van der Waals surface area contributed by atoms with Crippen molar-refractivity contribution in [2.45, 2.75) is 77.4 Å². The molecule has 0 amide bonds. The van der Waals surface area contributed by atoms with Crippen LogP contribution in [-0.2, 0) is 27.6 Å². The van der Waals surface area contributed by atoms with Crippen molar-refractivity contribution in [1.82, 2.24) is 14.7 Å². The molecule has 6 nitrogen and oxygen atoms in total. The van der Waals surface area contributed by atoms with E-state index in [1.165, 1.54) is 0 Å². The van der Waals surface area contributed by atoms with Gasteiger partial charge in [-0.05, 0) is 68.6 Å². The minimum Gasteiger partial charge on any atom is -0.301 e. The van der Waals surface area contributed by atoms with E-state index in [0.29, 0.717) is 11.6 Å². The van der Waals surface area contributed by atoms with E-state index in [2.05, 4.69) is 5.10 Å². The van der Waals surface area contributed by atoms with E-state index in [-0.39, 0.29) is 35.1 Å². The van der Waals surface area contributed by atoms with Crippen molar-refractivity contribution in [3.8, 4) is 0 Å². The fraction of sp³-hybridized carbons (Fsp3) is 0.583. The monoisotopic (exact) mass is 481 g/mol. The highest BCUT2D eigenvalue weighted by atomic mass is 35.5. The number of rotatable bonds is 10. The number of Topliss-reactive ketones (excluding diaryl/α,β-unsaturated/α-hetero) is 1. The highest BCUT2D eigenvalue weighted by molar-refractivity contribution is 7.92. The number of ketones is 1. The van der Waals surface area contributed by atoms with Gasteiger partial charge >= 0.3 is 0 Å². The topological polar surface area (TPSA) is 72.3 Å². The zero-order valence-electron chi connectivity index (χ0n) is 20.4. The van der Waals surface area contributed by atoms with Gasteiger partial charge in [0.1, 0.15) is 5.75 Å². The standard InChI is InChI=1S/C24H36ClN3O3S/c1-9-28-23(17(6)27(7)8)13-24(26-28)32(30,31)14-19(29)12-22-20(15(2)3)10-18(25)11-21(22)16(4)5/h10-11,13,15-17H,9,12,14H2,1-8H3. The molecule has 0 spiro atoms. The number of carbonyl (C=O) groups excluding carboxylic acids is 1. The Morgan fingerprint density at radius 3 is 2.03 bits per heavy atom. The van der Waals surface area contributed by atoms with Gasteiger partial charge in [-0.1, -0.05) is 39.3 Å². The van der Waals surface area contributed by atoms with Gasteiger partial charge in [-0.2, -0.15) is 5.10 Å². The first kappa shape index (κ1) is 26.6. The Morgan fingerprint density at radius 1 is 1.06 bits per heavy atom. The molecule has 0 bridgehead atoms. The number of nitrogens with zero attached hydrogens (tertiary/aromatic N) is 3. The molecule has 0 N–H and O–H groups in total. The molecular formula is C24H36ClN3O3S. The van der Waals surface area contributed by atoms with E-state index >= 15 is 0 Å². The van der Waals surface area contributed by atoms with Crippen molar-refractivity contribution < 1.29 is 13.2 Å². The summed E-state index contributed by atoms with van der Waals surface area (Å²) < 4.78 is 27.8. The average Bonchev–Trinajstić information content (AvgIpc) is 3.12. The molecule has 1 heterocycles. The molecular weight excluding hydrogens is 446 g/mol.